The fraction of sp³-hybridized carbons (Fsp3) is 0.0714. The lowest BCUT2D eigenvalue weighted by atomic mass is 10.3. The van der Waals surface area contributed by atoms with E-state index in [-0.39, 0.29) is 23.5 Å². The molecule has 0 aliphatic carbocycles. The Labute approximate surface area is 158 Å². The van der Waals surface area contributed by atoms with Crippen molar-refractivity contribution in [3.63, 3.8) is 0 Å². The minimum absolute atomic E-state index is 0.0773. The number of carbonyl (C=O) groups excluding carboxylic acids is 1. The zero-order valence-corrected chi connectivity index (χ0v) is 15.3. The van der Waals surface area contributed by atoms with Gasteiger partial charge in [0.15, 0.2) is 0 Å². The molecule has 0 unspecified atom stereocenters. The monoisotopic (exact) mass is 470 g/mol. The topological polar surface area (TPSA) is 75.3 Å². The second kappa shape index (κ2) is 6.22. The molecule has 162 valence electrons. The average molecular weight is 470 g/mol. The lowest BCUT2D eigenvalue weighted by Gasteiger charge is -2.40. The Kier molecular flexibility index (Phi) is 4.88. The molecule has 5 nitrogen and oxygen atoms in total. The van der Waals surface area contributed by atoms with E-state index in [1.54, 1.807) is 0 Å². The Balaban J connectivity index is 2.09. The fourth-order valence-corrected chi connectivity index (χ4v) is 3.35. The van der Waals surface area contributed by atoms with Gasteiger partial charge in [-0.05, 0) is 48.5 Å². The number of amides is 2. The molecule has 0 heterocycles. The second-order valence-corrected chi connectivity index (χ2v) is 9.90. The molecule has 15 heteroatoms. The highest BCUT2D eigenvalue weighted by Gasteiger charge is 2.65. The molecule has 0 aliphatic heterocycles. The summed E-state index contributed by atoms with van der Waals surface area (Å²) in [5.41, 5.74) is -5.95. The summed E-state index contributed by atoms with van der Waals surface area (Å²) in [6, 6.07) is 3.09. The van der Waals surface area contributed by atoms with Gasteiger partial charge in [-0.2, -0.15) is 13.2 Å². The van der Waals surface area contributed by atoms with Gasteiger partial charge in [0.25, 0.3) is 9.84 Å². The highest BCUT2D eigenvalue weighted by atomic mass is 32.5. The van der Waals surface area contributed by atoms with Gasteiger partial charge in [-0.25, -0.2) is 13.2 Å². The fourth-order valence-electron chi connectivity index (χ4n) is 1.94. The third-order valence-electron chi connectivity index (χ3n) is 3.28. The van der Waals surface area contributed by atoms with E-state index in [0.29, 0.717) is 24.3 Å². The molecule has 2 aromatic rings. The summed E-state index contributed by atoms with van der Waals surface area (Å²) >= 11 is 0. The van der Waals surface area contributed by atoms with Gasteiger partial charge in [0, 0.05) is 11.4 Å². The summed E-state index contributed by atoms with van der Waals surface area (Å²) in [5.74, 6) is 0. The Morgan fingerprint density at radius 1 is 0.759 bits per heavy atom. The third kappa shape index (κ3) is 5.50. The quantitative estimate of drug-likeness (QED) is 0.517. The van der Waals surface area contributed by atoms with E-state index in [0.717, 1.165) is 12.1 Å². The Hall–Kier alpha value is -2.55. The van der Waals surface area contributed by atoms with Crippen molar-refractivity contribution >= 4 is 37.5 Å². The molecule has 29 heavy (non-hydrogen) atoms. The maximum Gasteiger partial charge on any atom is 0.501 e. The average Bonchev–Trinajstić information content (AvgIpc) is 2.52. The Bertz CT molecular complexity index is 1030. The van der Waals surface area contributed by atoms with Crippen LogP contribution in [-0.2, 0) is 9.84 Å². The molecule has 0 spiro atoms. The van der Waals surface area contributed by atoms with Crippen molar-refractivity contribution in [2.24, 2.45) is 0 Å². The summed E-state index contributed by atoms with van der Waals surface area (Å²) in [4.78, 5) is 8.53. The zero-order chi connectivity index (χ0) is 22.4. The van der Waals surface area contributed by atoms with E-state index in [1.807, 2.05) is 5.32 Å². The summed E-state index contributed by atoms with van der Waals surface area (Å²) < 4.78 is 123. The van der Waals surface area contributed by atoms with Crippen LogP contribution in [0.2, 0.25) is 0 Å². The first-order chi connectivity index (χ1) is 12.8. The van der Waals surface area contributed by atoms with E-state index in [2.05, 4.69) is 5.32 Å². The van der Waals surface area contributed by atoms with Crippen molar-refractivity contribution in [1.82, 2.24) is 0 Å². The normalized spacial score (nSPS) is 15.2. The van der Waals surface area contributed by atoms with Gasteiger partial charge < -0.3 is 10.6 Å². The molecule has 0 atom stereocenters. The molecule has 2 rings (SSSR count). The minimum atomic E-state index is -9.86. The van der Waals surface area contributed by atoms with E-state index < -0.39 is 41.4 Å². The first kappa shape index (κ1) is 22.7. The molecule has 0 saturated heterocycles. The largest absolute Gasteiger partial charge is 0.501 e. The molecule has 2 N–H and O–H groups in total. The number of alkyl halides is 3. The van der Waals surface area contributed by atoms with Gasteiger partial charge in [-0.3, -0.25) is 0 Å². The van der Waals surface area contributed by atoms with Crippen molar-refractivity contribution in [3.05, 3.63) is 48.5 Å². The van der Waals surface area contributed by atoms with Crippen LogP contribution in [0.25, 0.3) is 0 Å². The van der Waals surface area contributed by atoms with Gasteiger partial charge in [0.1, 0.15) is 4.90 Å². The molecule has 0 aromatic heterocycles. The van der Waals surface area contributed by atoms with Crippen molar-refractivity contribution in [2.45, 2.75) is 15.3 Å². The minimum Gasteiger partial charge on any atom is -0.308 e. The van der Waals surface area contributed by atoms with Crippen LogP contribution in [0, 0.1) is 0 Å². The van der Waals surface area contributed by atoms with Gasteiger partial charge in [0.2, 0.25) is 0 Å². The summed E-state index contributed by atoms with van der Waals surface area (Å²) in [5, 5.41) is 4.09. The lowest BCUT2D eigenvalue weighted by Crippen LogP contribution is -2.23. The first-order valence-electron chi connectivity index (χ1n) is 7.13. The molecule has 0 bridgehead atoms. The summed E-state index contributed by atoms with van der Waals surface area (Å²) in [6.07, 6.45) is 0. The molecule has 2 aromatic carbocycles. The molecule has 0 saturated carbocycles. The van der Waals surface area contributed by atoms with Crippen LogP contribution in [0.1, 0.15) is 0 Å². The third-order valence-corrected chi connectivity index (χ3v) is 5.95. The van der Waals surface area contributed by atoms with E-state index in [1.165, 1.54) is 0 Å². The van der Waals surface area contributed by atoms with Crippen molar-refractivity contribution < 1.29 is 45.8 Å². The van der Waals surface area contributed by atoms with Crippen LogP contribution in [0.5, 0.6) is 0 Å². The number of nitrogens with one attached hydrogen (secondary N) is 2. The number of carbonyl (C=O) groups is 1. The smallest absolute Gasteiger partial charge is 0.308 e. The predicted molar refractivity (Wildman–Crippen MR) is 90.2 cm³/mol. The van der Waals surface area contributed by atoms with E-state index in [9.17, 15) is 45.8 Å². The lowest BCUT2D eigenvalue weighted by molar-refractivity contribution is -0.0436. The summed E-state index contributed by atoms with van der Waals surface area (Å²) in [6.45, 7) is 0. The van der Waals surface area contributed by atoms with Crippen LogP contribution < -0.4 is 10.6 Å². The molecular weight excluding hydrogens is 460 g/mol. The molecule has 0 aliphatic rings. The number of urea groups is 1. The number of hydrogen-bond acceptors (Lipinski definition) is 3. The van der Waals surface area contributed by atoms with E-state index in [4.69, 9.17) is 0 Å². The number of sulfone groups is 1. The number of halogens is 8. The highest BCUT2D eigenvalue weighted by Crippen LogP contribution is 3.02. The van der Waals surface area contributed by atoms with Gasteiger partial charge in [-0.1, -0.05) is 19.4 Å². The SMILES string of the molecule is O=C(Nc1ccc(S(=O)(=O)C(F)(F)F)cc1)Nc1ccc(S(F)(F)(F)(F)F)cc1. The standard InChI is InChI=1S/C14H10F8N2O3S2/c15-14(16,17)28(26,27)11-5-1-9(2-6-11)23-13(25)24-10-3-7-12(8-4-10)29(18,19,20,21)22/h1-8H,(H2,23,24,25). The molecule has 0 radical (unpaired) electrons. The summed E-state index contributed by atoms with van der Waals surface area (Å²) in [7, 11) is -15.4. The molecule has 0 fully saturated rings. The highest BCUT2D eigenvalue weighted by molar-refractivity contribution is 8.45. The zero-order valence-electron chi connectivity index (χ0n) is 13.7. The number of benzene rings is 2. The Morgan fingerprint density at radius 2 is 1.14 bits per heavy atom. The molecule has 2 amide bonds. The number of hydrogen-bond donors (Lipinski definition) is 2. The maximum absolute atomic E-state index is 12.6. The predicted octanol–water partition coefficient (Wildman–Crippen LogP) is 6.28. The number of anilines is 2. The van der Waals surface area contributed by atoms with Crippen LogP contribution in [0.4, 0.5) is 48.8 Å². The first-order valence-corrected chi connectivity index (χ1v) is 10.6. The van der Waals surface area contributed by atoms with Crippen molar-refractivity contribution in [3.8, 4) is 0 Å². The number of rotatable bonds is 4. The maximum atomic E-state index is 12.6. The molecular formula is C14H10F8N2O3S2. The van der Waals surface area contributed by atoms with Gasteiger partial charge in [-0.15, -0.1) is 0 Å². The van der Waals surface area contributed by atoms with Gasteiger partial charge >= 0.3 is 21.8 Å². The van der Waals surface area contributed by atoms with Crippen LogP contribution >= 0.6 is 10.2 Å². The van der Waals surface area contributed by atoms with Gasteiger partial charge in [0.05, 0.1) is 4.90 Å². The Morgan fingerprint density at radius 3 is 1.48 bits per heavy atom. The van der Waals surface area contributed by atoms with Crippen LogP contribution in [0.15, 0.2) is 58.3 Å². The van der Waals surface area contributed by atoms with Crippen molar-refractivity contribution in [2.75, 3.05) is 10.6 Å². The van der Waals surface area contributed by atoms with Crippen molar-refractivity contribution in [1.29, 1.82) is 0 Å². The van der Waals surface area contributed by atoms with Crippen LogP contribution in [-0.4, -0.2) is 20.0 Å². The van der Waals surface area contributed by atoms with E-state index >= 15 is 0 Å². The van der Waals surface area contributed by atoms with Crippen LogP contribution in [0.3, 0.4) is 0 Å². The second-order valence-electron chi connectivity index (χ2n) is 5.55.